The largest absolute Gasteiger partial charge is 0.335 e. The number of carbonyl (C=O) groups excluding carboxylic acids is 1. The van der Waals surface area contributed by atoms with Gasteiger partial charge < -0.3 is 10.6 Å². The van der Waals surface area contributed by atoms with Crippen LogP contribution in [0.4, 0.5) is 10.5 Å². The van der Waals surface area contributed by atoms with Gasteiger partial charge >= 0.3 is 6.03 Å². The fraction of sp³-hybridized carbons (Fsp3) is 0.500. The lowest BCUT2D eigenvalue weighted by molar-refractivity contribution is 0.238. The molecule has 106 valence electrons. The summed E-state index contributed by atoms with van der Waals surface area (Å²) < 4.78 is 0. The maximum atomic E-state index is 12.0. The number of amides is 2. The number of nitriles is 1. The molecule has 1 aromatic carbocycles. The summed E-state index contributed by atoms with van der Waals surface area (Å²) in [5, 5.41) is 14.8. The van der Waals surface area contributed by atoms with Gasteiger partial charge in [-0.25, -0.2) is 4.79 Å². The summed E-state index contributed by atoms with van der Waals surface area (Å²) in [6.07, 6.45) is 4.53. The summed E-state index contributed by atoms with van der Waals surface area (Å²) in [5.41, 5.74) is 2.21. The Bertz CT molecular complexity index is 533. The fourth-order valence-electron chi connectivity index (χ4n) is 2.74. The first-order chi connectivity index (χ1) is 9.58. The van der Waals surface area contributed by atoms with E-state index < -0.39 is 0 Å². The SMILES string of the molecule is Cc1ccc(C#N)cc1NC(=O)NC1CCCC(C)C1. The van der Waals surface area contributed by atoms with Gasteiger partial charge in [0.1, 0.15) is 0 Å². The highest BCUT2D eigenvalue weighted by Gasteiger charge is 2.20. The third-order valence-electron chi connectivity index (χ3n) is 3.89. The summed E-state index contributed by atoms with van der Waals surface area (Å²) in [5.74, 6) is 0.678. The van der Waals surface area contributed by atoms with E-state index in [1.165, 1.54) is 12.8 Å². The van der Waals surface area contributed by atoms with Crippen LogP contribution in [0.5, 0.6) is 0 Å². The third-order valence-corrected chi connectivity index (χ3v) is 3.89. The van der Waals surface area contributed by atoms with Gasteiger partial charge in [-0.05, 0) is 43.4 Å². The first-order valence-corrected chi connectivity index (χ1v) is 7.16. The molecule has 2 atom stereocenters. The molecule has 20 heavy (non-hydrogen) atoms. The minimum Gasteiger partial charge on any atom is -0.335 e. The van der Waals surface area contributed by atoms with Crippen molar-refractivity contribution in [3.8, 4) is 6.07 Å². The molecule has 0 heterocycles. The van der Waals surface area contributed by atoms with Crippen LogP contribution < -0.4 is 10.6 Å². The van der Waals surface area contributed by atoms with Crippen LogP contribution in [0.2, 0.25) is 0 Å². The zero-order valence-corrected chi connectivity index (χ0v) is 12.1. The Morgan fingerprint density at radius 1 is 1.40 bits per heavy atom. The van der Waals surface area contributed by atoms with Gasteiger partial charge in [0, 0.05) is 11.7 Å². The molecule has 1 aliphatic carbocycles. The molecule has 1 fully saturated rings. The number of carbonyl (C=O) groups is 1. The Balaban J connectivity index is 1.96. The Morgan fingerprint density at radius 3 is 2.90 bits per heavy atom. The molecule has 4 heteroatoms. The smallest absolute Gasteiger partial charge is 0.319 e. The number of hydrogen-bond donors (Lipinski definition) is 2. The van der Waals surface area contributed by atoms with Crippen LogP contribution in [-0.2, 0) is 0 Å². The van der Waals surface area contributed by atoms with Crippen LogP contribution in [0.25, 0.3) is 0 Å². The van der Waals surface area contributed by atoms with Gasteiger partial charge in [0.2, 0.25) is 0 Å². The highest BCUT2D eigenvalue weighted by molar-refractivity contribution is 5.90. The number of aryl methyl sites for hydroxylation is 1. The molecule has 2 amide bonds. The van der Waals surface area contributed by atoms with E-state index in [1.54, 1.807) is 12.1 Å². The van der Waals surface area contributed by atoms with Gasteiger partial charge in [-0.2, -0.15) is 5.26 Å². The molecule has 1 aromatic rings. The average Bonchev–Trinajstić information content (AvgIpc) is 2.41. The Hall–Kier alpha value is -2.02. The number of rotatable bonds is 2. The van der Waals surface area contributed by atoms with Gasteiger partial charge in [-0.15, -0.1) is 0 Å². The second-order valence-electron chi connectivity index (χ2n) is 5.71. The second kappa shape index (κ2) is 6.42. The van der Waals surface area contributed by atoms with Crippen molar-refractivity contribution in [2.24, 2.45) is 5.92 Å². The van der Waals surface area contributed by atoms with Crippen LogP contribution in [-0.4, -0.2) is 12.1 Å². The van der Waals surface area contributed by atoms with E-state index in [1.807, 2.05) is 13.0 Å². The van der Waals surface area contributed by atoms with E-state index in [9.17, 15) is 4.79 Å². The Labute approximate surface area is 120 Å². The minimum atomic E-state index is -0.178. The number of urea groups is 1. The van der Waals surface area contributed by atoms with E-state index in [0.717, 1.165) is 18.4 Å². The van der Waals surface area contributed by atoms with Crippen molar-refractivity contribution < 1.29 is 4.79 Å². The molecule has 1 saturated carbocycles. The van der Waals surface area contributed by atoms with E-state index in [-0.39, 0.29) is 12.1 Å². The topological polar surface area (TPSA) is 64.9 Å². The Morgan fingerprint density at radius 2 is 2.20 bits per heavy atom. The van der Waals surface area contributed by atoms with E-state index in [0.29, 0.717) is 17.2 Å². The monoisotopic (exact) mass is 271 g/mol. The maximum absolute atomic E-state index is 12.0. The van der Waals surface area contributed by atoms with Crippen LogP contribution in [0.15, 0.2) is 18.2 Å². The molecule has 0 saturated heterocycles. The predicted molar refractivity (Wildman–Crippen MR) is 79.5 cm³/mol. The minimum absolute atomic E-state index is 0.178. The highest BCUT2D eigenvalue weighted by Crippen LogP contribution is 2.23. The Kier molecular flexibility index (Phi) is 4.62. The highest BCUT2D eigenvalue weighted by atomic mass is 16.2. The van der Waals surface area contributed by atoms with Crippen molar-refractivity contribution in [3.05, 3.63) is 29.3 Å². The number of hydrogen-bond acceptors (Lipinski definition) is 2. The van der Waals surface area contributed by atoms with E-state index in [2.05, 4.69) is 23.6 Å². The molecule has 2 rings (SSSR count). The van der Waals surface area contributed by atoms with Crippen LogP contribution in [0.3, 0.4) is 0 Å². The predicted octanol–water partition coefficient (Wildman–Crippen LogP) is 3.57. The van der Waals surface area contributed by atoms with Crippen molar-refractivity contribution in [2.45, 2.75) is 45.6 Å². The van der Waals surface area contributed by atoms with Crippen molar-refractivity contribution in [1.29, 1.82) is 5.26 Å². The molecule has 0 bridgehead atoms. The maximum Gasteiger partial charge on any atom is 0.319 e. The normalized spacial score (nSPS) is 21.9. The lowest BCUT2D eigenvalue weighted by Crippen LogP contribution is -2.40. The summed E-state index contributed by atoms with van der Waals surface area (Å²) in [6.45, 7) is 4.14. The molecule has 0 radical (unpaired) electrons. The number of anilines is 1. The molecule has 0 aromatic heterocycles. The summed E-state index contributed by atoms with van der Waals surface area (Å²) >= 11 is 0. The van der Waals surface area contributed by atoms with E-state index in [4.69, 9.17) is 5.26 Å². The number of nitrogens with zero attached hydrogens (tertiary/aromatic N) is 1. The lowest BCUT2D eigenvalue weighted by Gasteiger charge is -2.27. The average molecular weight is 271 g/mol. The summed E-state index contributed by atoms with van der Waals surface area (Å²) in [6, 6.07) is 7.47. The zero-order valence-electron chi connectivity index (χ0n) is 12.1. The molecular weight excluding hydrogens is 250 g/mol. The summed E-state index contributed by atoms with van der Waals surface area (Å²) in [7, 11) is 0. The third kappa shape index (κ3) is 3.74. The number of nitrogens with one attached hydrogen (secondary N) is 2. The van der Waals surface area contributed by atoms with Crippen LogP contribution in [0, 0.1) is 24.2 Å². The lowest BCUT2D eigenvalue weighted by atomic mass is 9.87. The van der Waals surface area contributed by atoms with Crippen molar-refractivity contribution in [2.75, 3.05) is 5.32 Å². The molecule has 4 nitrogen and oxygen atoms in total. The first-order valence-electron chi connectivity index (χ1n) is 7.16. The van der Waals surface area contributed by atoms with Gasteiger partial charge in [0.15, 0.2) is 0 Å². The summed E-state index contributed by atoms with van der Waals surface area (Å²) in [4.78, 5) is 12.0. The molecule has 0 aliphatic heterocycles. The van der Waals surface area contributed by atoms with Gasteiger partial charge in [0.05, 0.1) is 11.6 Å². The molecule has 2 N–H and O–H groups in total. The molecule has 2 unspecified atom stereocenters. The molecular formula is C16H21N3O. The van der Waals surface area contributed by atoms with Crippen LogP contribution >= 0.6 is 0 Å². The van der Waals surface area contributed by atoms with Crippen molar-refractivity contribution in [1.82, 2.24) is 5.32 Å². The molecule has 0 spiro atoms. The fourth-order valence-corrected chi connectivity index (χ4v) is 2.74. The van der Waals surface area contributed by atoms with Gasteiger partial charge in [-0.3, -0.25) is 0 Å². The number of benzene rings is 1. The standard InChI is InChI=1S/C16H21N3O/c1-11-4-3-5-14(8-11)18-16(20)19-15-9-13(10-17)7-6-12(15)2/h6-7,9,11,14H,3-5,8H2,1-2H3,(H2,18,19,20). The van der Waals surface area contributed by atoms with Crippen molar-refractivity contribution >= 4 is 11.7 Å². The molecule has 1 aliphatic rings. The van der Waals surface area contributed by atoms with Crippen LogP contribution in [0.1, 0.15) is 43.7 Å². The van der Waals surface area contributed by atoms with E-state index >= 15 is 0 Å². The quantitative estimate of drug-likeness (QED) is 0.863. The second-order valence-corrected chi connectivity index (χ2v) is 5.71. The van der Waals surface area contributed by atoms with Gasteiger partial charge in [-0.1, -0.05) is 25.8 Å². The zero-order chi connectivity index (χ0) is 14.5. The van der Waals surface area contributed by atoms with Crippen molar-refractivity contribution in [3.63, 3.8) is 0 Å². The van der Waals surface area contributed by atoms with Gasteiger partial charge in [0.25, 0.3) is 0 Å². The first kappa shape index (κ1) is 14.4.